The number of allylic oxidation sites excluding steroid dienone is 2. The lowest BCUT2D eigenvalue weighted by molar-refractivity contribution is -0.118. The second-order valence-corrected chi connectivity index (χ2v) is 8.67. The minimum atomic E-state index is -0.764. The van der Waals surface area contributed by atoms with Crippen molar-refractivity contribution in [2.75, 3.05) is 11.9 Å². The number of hydrogen-bond acceptors (Lipinski definition) is 8. The van der Waals surface area contributed by atoms with Gasteiger partial charge in [0.1, 0.15) is 0 Å². The number of hydrogen-bond donors (Lipinski definition) is 4. The molecule has 1 unspecified atom stereocenters. The summed E-state index contributed by atoms with van der Waals surface area (Å²) in [7, 11) is 0. The lowest BCUT2D eigenvalue weighted by Crippen LogP contribution is -2.19. The van der Waals surface area contributed by atoms with Crippen LogP contribution in [0.2, 0.25) is 0 Å². The van der Waals surface area contributed by atoms with Crippen LogP contribution in [0, 0.1) is 19.8 Å². The molecule has 0 fully saturated rings. The van der Waals surface area contributed by atoms with Gasteiger partial charge in [-0.15, -0.1) is 0 Å². The predicted octanol–water partition coefficient (Wildman–Crippen LogP) is 3.40. The van der Waals surface area contributed by atoms with Gasteiger partial charge in [0.25, 0.3) is 0 Å². The van der Waals surface area contributed by atoms with Crippen LogP contribution in [0.15, 0.2) is 63.4 Å². The molecule has 9 nitrogen and oxygen atoms in total. The van der Waals surface area contributed by atoms with Gasteiger partial charge in [0.05, 0.1) is 11.5 Å². The van der Waals surface area contributed by atoms with Crippen LogP contribution in [0.4, 0.5) is 5.69 Å². The van der Waals surface area contributed by atoms with Crippen LogP contribution >= 0.6 is 0 Å². The average molecular weight is 467 g/mol. The quantitative estimate of drug-likeness (QED) is 0.309. The van der Waals surface area contributed by atoms with Gasteiger partial charge in [-0.05, 0) is 44.9 Å². The van der Waals surface area contributed by atoms with Gasteiger partial charge in [0, 0.05) is 48.4 Å². The number of amides is 1. The molecule has 2 aromatic rings. The normalized spacial score (nSPS) is 14.2. The van der Waals surface area contributed by atoms with Crippen molar-refractivity contribution < 1.29 is 14.4 Å². The first kappa shape index (κ1) is 26.5. The highest BCUT2D eigenvalue weighted by molar-refractivity contribution is 5.94. The molecule has 0 aliphatic carbocycles. The Bertz CT molecular complexity index is 1110. The zero-order valence-corrected chi connectivity index (χ0v) is 20.4. The number of nitrogens with one attached hydrogen (secondary N) is 1. The molecule has 1 atom stereocenters. The van der Waals surface area contributed by atoms with Crippen LogP contribution in [-0.4, -0.2) is 39.5 Å². The zero-order valence-electron chi connectivity index (χ0n) is 20.4. The van der Waals surface area contributed by atoms with E-state index in [-0.39, 0.29) is 5.91 Å². The Morgan fingerprint density at radius 1 is 1.35 bits per heavy atom. The minimum Gasteiger partial charge on any atom is -0.404 e. The number of aliphatic imine (C=N–C) groups is 1. The molecule has 6 N–H and O–H groups in total. The molecule has 1 aromatic carbocycles. The van der Waals surface area contributed by atoms with Crippen molar-refractivity contribution in [3.63, 3.8) is 0 Å². The van der Waals surface area contributed by atoms with Gasteiger partial charge in [-0.3, -0.25) is 9.79 Å². The SMILES string of the molecule is Cc1nc(-c2ccc(C)c(NC(=O)C(C)/C=C\C(=CN)/C(N)=C/C=NCCC(C)(C)O)c2)no1. The molecule has 0 saturated heterocycles. The van der Waals surface area contributed by atoms with E-state index in [0.29, 0.717) is 41.6 Å². The third kappa shape index (κ3) is 8.32. The molecule has 182 valence electrons. The van der Waals surface area contributed by atoms with E-state index < -0.39 is 11.5 Å². The van der Waals surface area contributed by atoms with Crippen molar-refractivity contribution in [3.05, 3.63) is 65.4 Å². The number of benzene rings is 1. The van der Waals surface area contributed by atoms with E-state index in [9.17, 15) is 9.90 Å². The van der Waals surface area contributed by atoms with Crippen molar-refractivity contribution in [1.82, 2.24) is 10.1 Å². The van der Waals surface area contributed by atoms with Gasteiger partial charge < -0.3 is 26.4 Å². The summed E-state index contributed by atoms with van der Waals surface area (Å²) >= 11 is 0. The smallest absolute Gasteiger partial charge is 0.231 e. The first-order valence-electron chi connectivity index (χ1n) is 11.0. The van der Waals surface area contributed by atoms with E-state index in [1.165, 1.54) is 6.20 Å². The maximum atomic E-state index is 12.8. The van der Waals surface area contributed by atoms with Crippen molar-refractivity contribution in [3.8, 4) is 11.4 Å². The third-order valence-corrected chi connectivity index (χ3v) is 4.98. The standard InChI is InChI=1S/C25H34N6O3/c1-16-6-8-19(23-29-18(3)34-31-23)14-22(16)30-24(32)17(2)7-9-20(15-26)21(27)10-12-28-13-11-25(4,5)33/h6-10,12,14-15,17,33H,11,13,26-27H2,1-5H3,(H,30,32)/b9-7-,20-15?,21-10-,28-12?. The molecule has 1 heterocycles. The summed E-state index contributed by atoms with van der Waals surface area (Å²) in [6, 6.07) is 5.58. The molecular formula is C25H34N6O3. The van der Waals surface area contributed by atoms with Crippen LogP contribution in [-0.2, 0) is 4.79 Å². The van der Waals surface area contributed by atoms with E-state index in [4.69, 9.17) is 16.0 Å². The van der Waals surface area contributed by atoms with Gasteiger partial charge in [-0.25, -0.2) is 0 Å². The third-order valence-electron chi connectivity index (χ3n) is 4.98. The molecule has 34 heavy (non-hydrogen) atoms. The molecule has 0 spiro atoms. The van der Waals surface area contributed by atoms with Gasteiger partial charge in [0.15, 0.2) is 0 Å². The predicted molar refractivity (Wildman–Crippen MR) is 135 cm³/mol. The van der Waals surface area contributed by atoms with Crippen molar-refractivity contribution in [1.29, 1.82) is 0 Å². The summed E-state index contributed by atoms with van der Waals surface area (Å²) in [5.41, 5.74) is 14.3. The second-order valence-electron chi connectivity index (χ2n) is 8.67. The Balaban J connectivity index is 2.02. The van der Waals surface area contributed by atoms with Gasteiger partial charge >= 0.3 is 0 Å². The number of aromatic nitrogens is 2. The van der Waals surface area contributed by atoms with Crippen LogP contribution in [0.25, 0.3) is 11.4 Å². The maximum Gasteiger partial charge on any atom is 0.231 e. The Morgan fingerprint density at radius 3 is 2.71 bits per heavy atom. The largest absolute Gasteiger partial charge is 0.404 e. The molecule has 0 saturated carbocycles. The molecule has 0 radical (unpaired) electrons. The zero-order chi connectivity index (χ0) is 25.3. The van der Waals surface area contributed by atoms with Crippen molar-refractivity contribution >= 4 is 17.8 Å². The molecule has 0 aliphatic heterocycles. The number of carbonyl (C=O) groups is 1. The monoisotopic (exact) mass is 466 g/mol. The first-order chi connectivity index (χ1) is 16.0. The van der Waals surface area contributed by atoms with Gasteiger partial charge in [-0.2, -0.15) is 4.98 Å². The fourth-order valence-electron chi connectivity index (χ4n) is 2.78. The molecule has 1 amide bonds. The van der Waals surface area contributed by atoms with Crippen LogP contribution in [0.1, 0.15) is 38.6 Å². The molecule has 2 rings (SSSR count). The molecule has 0 aliphatic rings. The fraction of sp³-hybridized carbons (Fsp3) is 0.360. The Hall–Kier alpha value is -3.72. The van der Waals surface area contributed by atoms with E-state index >= 15 is 0 Å². The fourth-order valence-corrected chi connectivity index (χ4v) is 2.78. The second kappa shape index (κ2) is 11.9. The van der Waals surface area contributed by atoms with E-state index in [0.717, 1.165) is 11.1 Å². The molecule has 1 aromatic heterocycles. The summed E-state index contributed by atoms with van der Waals surface area (Å²) in [6.07, 6.45) is 8.55. The van der Waals surface area contributed by atoms with E-state index in [2.05, 4.69) is 20.4 Å². The molecule has 0 bridgehead atoms. The Morgan fingerprint density at radius 2 is 2.09 bits per heavy atom. The number of rotatable bonds is 10. The lowest BCUT2D eigenvalue weighted by atomic mass is 10.1. The number of nitrogens with zero attached hydrogens (tertiary/aromatic N) is 3. The molecule has 9 heteroatoms. The summed E-state index contributed by atoms with van der Waals surface area (Å²) < 4.78 is 5.04. The minimum absolute atomic E-state index is 0.187. The number of carbonyl (C=O) groups excluding carboxylic acids is 1. The number of aliphatic hydroxyl groups is 1. The van der Waals surface area contributed by atoms with Crippen LogP contribution in [0.3, 0.4) is 0 Å². The number of anilines is 1. The lowest BCUT2D eigenvalue weighted by Gasteiger charge is -2.14. The topological polar surface area (TPSA) is 153 Å². The maximum absolute atomic E-state index is 12.8. The number of nitrogens with two attached hydrogens (primary N) is 2. The van der Waals surface area contributed by atoms with Crippen molar-refractivity contribution in [2.24, 2.45) is 22.4 Å². The highest BCUT2D eigenvalue weighted by Crippen LogP contribution is 2.24. The first-order valence-corrected chi connectivity index (χ1v) is 11.0. The van der Waals surface area contributed by atoms with Gasteiger partial charge in [0.2, 0.25) is 17.6 Å². The molecular weight excluding hydrogens is 432 g/mol. The summed E-state index contributed by atoms with van der Waals surface area (Å²) in [5, 5.41) is 16.6. The van der Waals surface area contributed by atoms with Crippen LogP contribution in [0.5, 0.6) is 0 Å². The highest BCUT2D eigenvalue weighted by atomic mass is 16.5. The van der Waals surface area contributed by atoms with E-state index in [1.54, 1.807) is 52.1 Å². The average Bonchev–Trinajstić information content (AvgIpc) is 3.20. The van der Waals surface area contributed by atoms with Gasteiger partial charge in [-0.1, -0.05) is 36.4 Å². The van der Waals surface area contributed by atoms with Crippen LogP contribution < -0.4 is 16.8 Å². The summed E-state index contributed by atoms with van der Waals surface area (Å²) in [5.74, 6) is 0.300. The highest BCUT2D eigenvalue weighted by Gasteiger charge is 2.14. The Labute approximate surface area is 200 Å². The summed E-state index contributed by atoms with van der Waals surface area (Å²) in [4.78, 5) is 21.2. The number of aryl methyl sites for hydroxylation is 2. The Kier molecular flexibility index (Phi) is 9.32. The van der Waals surface area contributed by atoms with Crippen molar-refractivity contribution in [2.45, 2.75) is 46.6 Å². The van der Waals surface area contributed by atoms with E-state index in [1.807, 2.05) is 25.1 Å². The summed E-state index contributed by atoms with van der Waals surface area (Å²) in [6.45, 7) is 9.35.